The number of oxazole rings is 1. The second kappa shape index (κ2) is 5.99. The Morgan fingerprint density at radius 1 is 1.48 bits per heavy atom. The molecule has 0 saturated heterocycles. The number of nitrogens with zero attached hydrogens (tertiary/aromatic N) is 4. The molecule has 23 heavy (non-hydrogen) atoms. The first-order valence-electron chi connectivity index (χ1n) is 7.48. The van der Waals surface area contributed by atoms with Crippen LogP contribution in [0.3, 0.4) is 0 Å². The number of aromatic nitrogens is 3. The van der Waals surface area contributed by atoms with Crippen molar-refractivity contribution < 1.29 is 19.2 Å². The molecular formula is C14H18N4O5. The summed E-state index contributed by atoms with van der Waals surface area (Å²) < 4.78 is 12.4. The SMILES string of the molecule is Cc1nc(C)c(-n2nc(OCCCO)c([N+](=O)[O-])c2C2CC2)o1. The average molecular weight is 322 g/mol. The molecule has 2 heterocycles. The molecule has 0 unspecified atom stereocenters. The molecule has 0 atom stereocenters. The summed E-state index contributed by atoms with van der Waals surface area (Å²) in [6, 6.07) is 0. The van der Waals surface area contributed by atoms with Gasteiger partial charge < -0.3 is 14.3 Å². The van der Waals surface area contributed by atoms with Gasteiger partial charge in [0.25, 0.3) is 0 Å². The lowest BCUT2D eigenvalue weighted by molar-refractivity contribution is -0.386. The number of ether oxygens (including phenoxy) is 1. The van der Waals surface area contributed by atoms with Crippen LogP contribution in [0.25, 0.3) is 5.88 Å². The Kier molecular flexibility index (Phi) is 4.03. The van der Waals surface area contributed by atoms with Gasteiger partial charge in [0, 0.05) is 25.9 Å². The van der Waals surface area contributed by atoms with Gasteiger partial charge in [0.15, 0.2) is 5.89 Å². The van der Waals surface area contributed by atoms with E-state index < -0.39 is 4.92 Å². The van der Waals surface area contributed by atoms with Gasteiger partial charge in [0.05, 0.1) is 11.5 Å². The fourth-order valence-corrected chi connectivity index (χ4v) is 2.50. The van der Waals surface area contributed by atoms with Gasteiger partial charge in [0.2, 0.25) is 5.88 Å². The highest BCUT2D eigenvalue weighted by molar-refractivity contribution is 5.52. The zero-order valence-electron chi connectivity index (χ0n) is 13.0. The molecule has 2 aromatic rings. The zero-order chi connectivity index (χ0) is 16.6. The first-order valence-corrected chi connectivity index (χ1v) is 7.48. The molecule has 2 aromatic heterocycles. The summed E-state index contributed by atoms with van der Waals surface area (Å²) in [6.45, 7) is 3.59. The maximum atomic E-state index is 11.5. The van der Waals surface area contributed by atoms with E-state index in [4.69, 9.17) is 14.3 Å². The highest BCUT2D eigenvalue weighted by atomic mass is 16.6. The van der Waals surface area contributed by atoms with Crippen molar-refractivity contribution in [2.24, 2.45) is 0 Å². The lowest BCUT2D eigenvalue weighted by Crippen LogP contribution is -2.03. The third-order valence-corrected chi connectivity index (χ3v) is 3.62. The van der Waals surface area contributed by atoms with Crippen LogP contribution in [0.5, 0.6) is 5.88 Å². The van der Waals surface area contributed by atoms with Crippen molar-refractivity contribution in [1.82, 2.24) is 14.8 Å². The first kappa shape index (κ1) is 15.5. The summed E-state index contributed by atoms with van der Waals surface area (Å²) in [5.74, 6) is 0.881. The summed E-state index contributed by atoms with van der Waals surface area (Å²) in [6.07, 6.45) is 2.12. The van der Waals surface area contributed by atoms with Gasteiger partial charge in [-0.05, 0) is 19.8 Å². The summed E-state index contributed by atoms with van der Waals surface area (Å²) in [5.41, 5.74) is 0.982. The molecule has 3 rings (SSSR count). The van der Waals surface area contributed by atoms with E-state index in [2.05, 4.69) is 10.1 Å². The Morgan fingerprint density at radius 2 is 2.22 bits per heavy atom. The van der Waals surface area contributed by atoms with Gasteiger partial charge in [-0.2, -0.15) is 4.68 Å². The predicted octanol–water partition coefficient (Wildman–Crippen LogP) is 2.02. The van der Waals surface area contributed by atoms with Gasteiger partial charge in [-0.3, -0.25) is 10.1 Å². The van der Waals surface area contributed by atoms with Crippen molar-refractivity contribution in [3.8, 4) is 11.8 Å². The van der Waals surface area contributed by atoms with Crippen molar-refractivity contribution in [2.45, 2.75) is 39.0 Å². The molecule has 0 spiro atoms. The lowest BCUT2D eigenvalue weighted by atomic mass is 10.2. The molecule has 124 valence electrons. The van der Waals surface area contributed by atoms with Crippen molar-refractivity contribution >= 4 is 5.69 Å². The molecule has 9 nitrogen and oxygen atoms in total. The zero-order valence-corrected chi connectivity index (χ0v) is 13.0. The van der Waals surface area contributed by atoms with Crippen LogP contribution in [-0.2, 0) is 0 Å². The van der Waals surface area contributed by atoms with Gasteiger partial charge in [-0.15, -0.1) is 5.10 Å². The molecule has 9 heteroatoms. The normalized spacial score (nSPS) is 14.2. The van der Waals surface area contributed by atoms with Crippen LogP contribution in [0.1, 0.15) is 42.5 Å². The molecule has 1 fully saturated rings. The summed E-state index contributed by atoms with van der Waals surface area (Å²) in [5, 5.41) is 24.6. The predicted molar refractivity (Wildman–Crippen MR) is 78.9 cm³/mol. The van der Waals surface area contributed by atoms with Crippen LogP contribution in [0.2, 0.25) is 0 Å². The maximum Gasteiger partial charge on any atom is 0.354 e. The van der Waals surface area contributed by atoms with Crippen LogP contribution >= 0.6 is 0 Å². The Bertz CT molecular complexity index is 732. The Morgan fingerprint density at radius 3 is 2.74 bits per heavy atom. The second-order valence-corrected chi connectivity index (χ2v) is 5.53. The van der Waals surface area contributed by atoms with Crippen molar-refractivity contribution in [2.75, 3.05) is 13.2 Å². The van der Waals surface area contributed by atoms with Crippen LogP contribution in [-0.4, -0.2) is 38.0 Å². The number of nitro groups is 1. The molecule has 0 amide bonds. The van der Waals surface area contributed by atoms with E-state index in [-0.39, 0.29) is 30.7 Å². The topological polar surface area (TPSA) is 116 Å². The Balaban J connectivity index is 2.09. The molecule has 1 aliphatic carbocycles. The quantitative estimate of drug-likeness (QED) is 0.471. The fourth-order valence-electron chi connectivity index (χ4n) is 2.50. The van der Waals surface area contributed by atoms with Crippen molar-refractivity contribution in [3.63, 3.8) is 0 Å². The van der Waals surface area contributed by atoms with Crippen molar-refractivity contribution in [1.29, 1.82) is 0 Å². The minimum absolute atomic E-state index is 0.0428. The van der Waals surface area contributed by atoms with Gasteiger partial charge in [0.1, 0.15) is 11.4 Å². The van der Waals surface area contributed by atoms with Crippen LogP contribution < -0.4 is 4.74 Å². The fraction of sp³-hybridized carbons (Fsp3) is 0.571. The van der Waals surface area contributed by atoms with Crippen LogP contribution in [0, 0.1) is 24.0 Å². The standard InChI is InChI=1S/C14H18N4O5/c1-8-14(23-9(2)15-8)17-11(10-4-5-10)12(18(20)21)13(16-17)22-7-3-6-19/h10,19H,3-7H2,1-2H3. The van der Waals surface area contributed by atoms with Crippen LogP contribution in [0.15, 0.2) is 4.42 Å². The van der Waals surface area contributed by atoms with E-state index in [1.54, 1.807) is 13.8 Å². The van der Waals surface area contributed by atoms with Gasteiger partial charge >= 0.3 is 11.6 Å². The Labute approximate surface area is 132 Å². The highest BCUT2D eigenvalue weighted by Crippen LogP contribution is 2.48. The van der Waals surface area contributed by atoms with E-state index in [9.17, 15) is 10.1 Å². The van der Waals surface area contributed by atoms with Crippen molar-refractivity contribution in [3.05, 3.63) is 27.4 Å². The smallest absolute Gasteiger partial charge is 0.354 e. The molecule has 0 aliphatic heterocycles. The Hall–Kier alpha value is -2.42. The number of hydrogen-bond donors (Lipinski definition) is 1. The molecular weight excluding hydrogens is 304 g/mol. The number of aliphatic hydroxyl groups excluding tert-OH is 1. The molecule has 0 aromatic carbocycles. The number of aryl methyl sites for hydroxylation is 2. The van der Waals surface area contributed by atoms with E-state index in [1.165, 1.54) is 4.68 Å². The van der Waals surface area contributed by atoms with Gasteiger partial charge in [-0.25, -0.2) is 4.98 Å². The monoisotopic (exact) mass is 322 g/mol. The van der Waals surface area contributed by atoms with Gasteiger partial charge in [-0.1, -0.05) is 0 Å². The third-order valence-electron chi connectivity index (χ3n) is 3.62. The maximum absolute atomic E-state index is 11.5. The summed E-state index contributed by atoms with van der Waals surface area (Å²) in [7, 11) is 0. The number of hydrogen-bond acceptors (Lipinski definition) is 7. The molecule has 1 aliphatic rings. The van der Waals surface area contributed by atoms with E-state index in [0.29, 0.717) is 29.6 Å². The molecule has 0 bridgehead atoms. The molecule has 1 N–H and O–H groups in total. The highest BCUT2D eigenvalue weighted by Gasteiger charge is 2.40. The first-order chi connectivity index (χ1) is 11.0. The van der Waals surface area contributed by atoms with E-state index in [1.807, 2.05) is 0 Å². The van der Waals surface area contributed by atoms with E-state index >= 15 is 0 Å². The summed E-state index contributed by atoms with van der Waals surface area (Å²) >= 11 is 0. The second-order valence-electron chi connectivity index (χ2n) is 5.53. The third kappa shape index (κ3) is 2.91. The lowest BCUT2D eigenvalue weighted by Gasteiger charge is -2.01. The van der Waals surface area contributed by atoms with Crippen LogP contribution in [0.4, 0.5) is 5.69 Å². The molecule has 1 saturated carbocycles. The largest absolute Gasteiger partial charge is 0.472 e. The summed E-state index contributed by atoms with van der Waals surface area (Å²) in [4.78, 5) is 15.2. The minimum atomic E-state index is -0.468. The number of rotatable bonds is 7. The van der Waals surface area contributed by atoms with E-state index in [0.717, 1.165) is 12.8 Å². The molecule has 0 radical (unpaired) electrons. The average Bonchev–Trinajstić information content (AvgIpc) is 3.17. The minimum Gasteiger partial charge on any atom is -0.472 e. The number of aliphatic hydroxyl groups is 1.